The van der Waals surface area contributed by atoms with Crippen LogP contribution in [0.15, 0.2) is 66.9 Å². The summed E-state index contributed by atoms with van der Waals surface area (Å²) in [4.78, 5) is 16.5. The van der Waals surface area contributed by atoms with Gasteiger partial charge >= 0.3 is 0 Å². The Kier molecular flexibility index (Phi) is 4.77. The molecule has 0 saturated heterocycles. The number of carbonyl (C=O) groups excluding carboxylic acids is 1. The van der Waals surface area contributed by atoms with Crippen LogP contribution in [0.2, 0.25) is 5.02 Å². The Bertz CT molecular complexity index is 862. The van der Waals surface area contributed by atoms with Gasteiger partial charge in [0, 0.05) is 17.6 Å². The Morgan fingerprint density at radius 3 is 2.50 bits per heavy atom. The highest BCUT2D eigenvalue weighted by molar-refractivity contribution is 6.33. The number of benzene rings is 2. The molecule has 2 aromatic carbocycles. The van der Waals surface area contributed by atoms with Crippen molar-refractivity contribution in [1.82, 2.24) is 4.98 Å². The summed E-state index contributed by atoms with van der Waals surface area (Å²) in [7, 11) is 0. The van der Waals surface area contributed by atoms with E-state index in [9.17, 15) is 4.79 Å². The van der Waals surface area contributed by atoms with E-state index in [1.807, 2.05) is 49.4 Å². The van der Waals surface area contributed by atoms with E-state index in [1.54, 1.807) is 24.4 Å². The van der Waals surface area contributed by atoms with E-state index in [0.717, 1.165) is 11.4 Å². The number of amides is 1. The summed E-state index contributed by atoms with van der Waals surface area (Å²) in [6.07, 6.45) is 1.60. The minimum atomic E-state index is -0.310. The van der Waals surface area contributed by atoms with Crippen LogP contribution in [-0.2, 0) is 0 Å². The number of halogens is 1. The Labute approximate surface area is 145 Å². The maximum absolute atomic E-state index is 12.4. The standard InChI is InChI=1S/C19H16ClN3O/c1-13-6-8-14(9-7-13)22-15-10-11-21-18(12-15)19(24)23-17-5-3-2-4-16(17)20/h2-12H,1H3,(H,21,22)(H,23,24). The molecule has 1 heterocycles. The molecule has 4 nitrogen and oxygen atoms in total. The highest BCUT2D eigenvalue weighted by Crippen LogP contribution is 2.22. The van der Waals surface area contributed by atoms with Crippen molar-refractivity contribution in [2.45, 2.75) is 6.92 Å². The summed E-state index contributed by atoms with van der Waals surface area (Å²) in [6.45, 7) is 2.04. The Balaban J connectivity index is 1.76. The van der Waals surface area contributed by atoms with E-state index in [4.69, 9.17) is 11.6 Å². The molecule has 5 heteroatoms. The third-order valence-corrected chi connectivity index (χ3v) is 3.78. The van der Waals surface area contributed by atoms with Crippen molar-refractivity contribution in [1.29, 1.82) is 0 Å². The van der Waals surface area contributed by atoms with Crippen LogP contribution in [0, 0.1) is 6.92 Å². The van der Waals surface area contributed by atoms with E-state index in [0.29, 0.717) is 16.4 Å². The number of aromatic nitrogens is 1. The van der Waals surface area contributed by atoms with Crippen molar-refractivity contribution < 1.29 is 4.79 Å². The van der Waals surface area contributed by atoms with Gasteiger partial charge in [0.05, 0.1) is 10.7 Å². The molecule has 1 amide bonds. The van der Waals surface area contributed by atoms with Gasteiger partial charge in [-0.1, -0.05) is 41.4 Å². The zero-order valence-corrected chi connectivity index (χ0v) is 13.8. The van der Waals surface area contributed by atoms with Gasteiger partial charge < -0.3 is 10.6 Å². The predicted octanol–water partition coefficient (Wildman–Crippen LogP) is 5.04. The fourth-order valence-corrected chi connectivity index (χ4v) is 2.37. The molecule has 0 saturated carbocycles. The van der Waals surface area contributed by atoms with Crippen molar-refractivity contribution in [3.8, 4) is 0 Å². The minimum absolute atomic E-state index is 0.310. The summed E-state index contributed by atoms with van der Waals surface area (Å²) in [6, 6.07) is 18.6. The quantitative estimate of drug-likeness (QED) is 0.701. The van der Waals surface area contributed by atoms with Crippen molar-refractivity contribution >= 4 is 34.6 Å². The molecule has 1 aromatic heterocycles. The lowest BCUT2D eigenvalue weighted by Gasteiger charge is -2.09. The second-order valence-electron chi connectivity index (χ2n) is 5.35. The van der Waals surface area contributed by atoms with Gasteiger partial charge in [-0.05, 0) is 43.3 Å². The number of nitrogens with zero attached hydrogens (tertiary/aromatic N) is 1. The summed E-state index contributed by atoms with van der Waals surface area (Å²) in [5, 5.41) is 6.51. The van der Waals surface area contributed by atoms with Crippen LogP contribution >= 0.6 is 11.6 Å². The molecule has 2 N–H and O–H groups in total. The fourth-order valence-electron chi connectivity index (χ4n) is 2.18. The fraction of sp³-hybridized carbons (Fsp3) is 0.0526. The average molecular weight is 338 g/mol. The lowest BCUT2D eigenvalue weighted by molar-refractivity contribution is 0.102. The number of pyridine rings is 1. The van der Waals surface area contributed by atoms with Gasteiger partial charge in [-0.3, -0.25) is 9.78 Å². The Morgan fingerprint density at radius 1 is 1.00 bits per heavy atom. The first-order chi connectivity index (χ1) is 11.6. The largest absolute Gasteiger partial charge is 0.355 e. The molecule has 3 rings (SSSR count). The molecular formula is C19H16ClN3O. The number of anilines is 3. The number of para-hydroxylation sites is 1. The summed E-state index contributed by atoms with van der Waals surface area (Å²) < 4.78 is 0. The summed E-state index contributed by atoms with van der Waals surface area (Å²) in [5.74, 6) is -0.310. The second kappa shape index (κ2) is 7.15. The van der Waals surface area contributed by atoms with Gasteiger partial charge in [-0.15, -0.1) is 0 Å². The van der Waals surface area contributed by atoms with Crippen molar-refractivity contribution in [2.75, 3.05) is 10.6 Å². The lowest BCUT2D eigenvalue weighted by atomic mass is 10.2. The van der Waals surface area contributed by atoms with Gasteiger partial charge in [-0.2, -0.15) is 0 Å². The molecule has 120 valence electrons. The molecule has 0 aliphatic rings. The van der Waals surface area contributed by atoms with Crippen LogP contribution in [-0.4, -0.2) is 10.9 Å². The zero-order chi connectivity index (χ0) is 16.9. The molecule has 0 unspecified atom stereocenters. The van der Waals surface area contributed by atoms with Crippen LogP contribution < -0.4 is 10.6 Å². The van der Waals surface area contributed by atoms with Crippen LogP contribution in [0.3, 0.4) is 0 Å². The molecule has 24 heavy (non-hydrogen) atoms. The molecule has 0 radical (unpaired) electrons. The highest BCUT2D eigenvalue weighted by Gasteiger charge is 2.10. The first-order valence-electron chi connectivity index (χ1n) is 7.47. The van der Waals surface area contributed by atoms with E-state index in [-0.39, 0.29) is 5.91 Å². The van der Waals surface area contributed by atoms with Gasteiger partial charge in [0.15, 0.2) is 0 Å². The van der Waals surface area contributed by atoms with E-state index in [1.165, 1.54) is 5.56 Å². The number of aryl methyl sites for hydroxylation is 1. The number of nitrogens with one attached hydrogen (secondary N) is 2. The topological polar surface area (TPSA) is 54.0 Å². The summed E-state index contributed by atoms with van der Waals surface area (Å²) in [5.41, 5.74) is 3.80. The van der Waals surface area contributed by atoms with Crippen molar-refractivity contribution in [2.24, 2.45) is 0 Å². The highest BCUT2D eigenvalue weighted by atomic mass is 35.5. The number of hydrogen-bond acceptors (Lipinski definition) is 3. The first kappa shape index (κ1) is 16.0. The Hall–Kier alpha value is -2.85. The lowest BCUT2D eigenvalue weighted by Crippen LogP contribution is -2.14. The molecule has 0 aliphatic carbocycles. The predicted molar refractivity (Wildman–Crippen MR) is 98.1 cm³/mol. The minimum Gasteiger partial charge on any atom is -0.355 e. The van der Waals surface area contributed by atoms with E-state index >= 15 is 0 Å². The number of carbonyl (C=O) groups is 1. The van der Waals surface area contributed by atoms with Crippen molar-refractivity contribution in [3.05, 3.63) is 83.1 Å². The first-order valence-corrected chi connectivity index (χ1v) is 7.85. The van der Waals surface area contributed by atoms with Crippen LogP contribution in [0.1, 0.15) is 16.1 Å². The van der Waals surface area contributed by atoms with Crippen LogP contribution in [0.25, 0.3) is 0 Å². The summed E-state index contributed by atoms with van der Waals surface area (Å²) >= 11 is 6.06. The maximum atomic E-state index is 12.4. The van der Waals surface area contributed by atoms with Gasteiger partial charge in [0.25, 0.3) is 5.91 Å². The molecule has 0 atom stereocenters. The van der Waals surface area contributed by atoms with Gasteiger partial charge in [0.2, 0.25) is 0 Å². The second-order valence-corrected chi connectivity index (χ2v) is 5.76. The van der Waals surface area contributed by atoms with Crippen LogP contribution in [0.4, 0.5) is 17.1 Å². The maximum Gasteiger partial charge on any atom is 0.274 e. The SMILES string of the molecule is Cc1ccc(Nc2ccnc(C(=O)Nc3ccccc3Cl)c2)cc1. The average Bonchev–Trinajstić information content (AvgIpc) is 2.59. The molecular weight excluding hydrogens is 322 g/mol. The number of hydrogen-bond donors (Lipinski definition) is 2. The smallest absolute Gasteiger partial charge is 0.274 e. The third-order valence-electron chi connectivity index (χ3n) is 3.45. The van der Waals surface area contributed by atoms with Gasteiger partial charge in [0.1, 0.15) is 5.69 Å². The molecule has 0 aliphatic heterocycles. The molecule has 3 aromatic rings. The van der Waals surface area contributed by atoms with Crippen LogP contribution in [0.5, 0.6) is 0 Å². The van der Waals surface area contributed by atoms with Crippen molar-refractivity contribution in [3.63, 3.8) is 0 Å². The normalized spacial score (nSPS) is 10.2. The monoisotopic (exact) mass is 337 g/mol. The molecule has 0 bridgehead atoms. The molecule has 0 spiro atoms. The van der Waals surface area contributed by atoms with E-state index in [2.05, 4.69) is 15.6 Å². The van der Waals surface area contributed by atoms with E-state index < -0.39 is 0 Å². The third kappa shape index (κ3) is 3.91. The van der Waals surface area contributed by atoms with Gasteiger partial charge in [-0.25, -0.2) is 0 Å². The Morgan fingerprint density at radius 2 is 1.75 bits per heavy atom. The molecule has 0 fully saturated rings. The number of rotatable bonds is 4. The zero-order valence-electron chi connectivity index (χ0n) is 13.1.